The van der Waals surface area contributed by atoms with Crippen LogP contribution in [0.5, 0.6) is 5.75 Å². The van der Waals surface area contributed by atoms with Crippen LogP contribution in [0.1, 0.15) is 50.4 Å². The van der Waals surface area contributed by atoms with Gasteiger partial charge in [-0.3, -0.25) is 0 Å². The third-order valence-corrected chi connectivity index (χ3v) is 2.89. The molecule has 0 bridgehead atoms. The number of nitrogens with zero attached hydrogens (tertiary/aromatic N) is 2. The first-order valence-electron chi connectivity index (χ1n) is 6.73. The summed E-state index contributed by atoms with van der Waals surface area (Å²) in [6.07, 6.45) is 1.81. The van der Waals surface area contributed by atoms with E-state index in [2.05, 4.69) is 43.0 Å². The van der Waals surface area contributed by atoms with Crippen LogP contribution in [0.2, 0.25) is 0 Å². The van der Waals surface area contributed by atoms with Gasteiger partial charge in [-0.2, -0.15) is 4.98 Å². The molecule has 0 atom stereocenters. The highest BCUT2D eigenvalue weighted by Crippen LogP contribution is 2.19. The highest BCUT2D eigenvalue weighted by Gasteiger charge is 2.06. The zero-order valence-electron chi connectivity index (χ0n) is 11.7. The summed E-state index contributed by atoms with van der Waals surface area (Å²) in [6, 6.07) is 8.11. The summed E-state index contributed by atoms with van der Waals surface area (Å²) in [5, 5.41) is 3.88. The van der Waals surface area contributed by atoms with Gasteiger partial charge in [0.1, 0.15) is 5.75 Å². The first kappa shape index (κ1) is 13.6. The fraction of sp³-hybridized carbons (Fsp3) is 0.467. The van der Waals surface area contributed by atoms with E-state index in [1.165, 1.54) is 5.56 Å². The molecule has 0 unspecified atom stereocenters. The molecule has 0 radical (unpaired) electrons. The fourth-order valence-electron chi connectivity index (χ4n) is 1.76. The molecule has 0 aliphatic carbocycles. The van der Waals surface area contributed by atoms with Crippen molar-refractivity contribution in [2.24, 2.45) is 0 Å². The maximum absolute atomic E-state index is 5.63. The van der Waals surface area contributed by atoms with Crippen molar-refractivity contribution in [2.45, 2.75) is 46.1 Å². The van der Waals surface area contributed by atoms with Crippen molar-refractivity contribution in [3.63, 3.8) is 0 Å². The molecule has 2 aromatic rings. The summed E-state index contributed by atoms with van der Waals surface area (Å²) in [7, 11) is 0. The summed E-state index contributed by atoms with van der Waals surface area (Å²) in [4.78, 5) is 4.26. The van der Waals surface area contributed by atoms with Crippen molar-refractivity contribution in [1.82, 2.24) is 10.1 Å². The third kappa shape index (κ3) is 3.81. The maximum Gasteiger partial charge on any atom is 0.226 e. The Hall–Kier alpha value is -1.84. The van der Waals surface area contributed by atoms with Gasteiger partial charge in [-0.25, -0.2) is 0 Å². The van der Waals surface area contributed by atoms with Crippen LogP contribution in [0.4, 0.5) is 0 Å². The lowest BCUT2D eigenvalue weighted by Gasteiger charge is -2.07. The van der Waals surface area contributed by atoms with Gasteiger partial charge in [0.25, 0.3) is 0 Å². The van der Waals surface area contributed by atoms with Crippen molar-refractivity contribution in [3.8, 4) is 5.75 Å². The van der Waals surface area contributed by atoms with Crippen LogP contribution in [0, 0.1) is 0 Å². The number of benzene rings is 1. The zero-order valence-corrected chi connectivity index (χ0v) is 11.7. The van der Waals surface area contributed by atoms with E-state index in [9.17, 15) is 0 Å². The Kier molecular flexibility index (Phi) is 4.55. The molecule has 2 rings (SSSR count). The van der Waals surface area contributed by atoms with Crippen LogP contribution in [-0.2, 0) is 13.0 Å². The van der Waals surface area contributed by atoms with E-state index in [0.29, 0.717) is 24.2 Å². The van der Waals surface area contributed by atoms with Crippen LogP contribution in [0.3, 0.4) is 0 Å². The van der Waals surface area contributed by atoms with Gasteiger partial charge in [-0.15, -0.1) is 0 Å². The zero-order chi connectivity index (χ0) is 13.7. The summed E-state index contributed by atoms with van der Waals surface area (Å²) in [6.45, 7) is 6.76. The highest BCUT2D eigenvalue weighted by atomic mass is 16.5. The van der Waals surface area contributed by atoms with E-state index in [1.54, 1.807) is 0 Å². The Bertz CT molecular complexity index is 503. The van der Waals surface area contributed by atoms with Crippen LogP contribution in [-0.4, -0.2) is 10.1 Å². The van der Waals surface area contributed by atoms with E-state index in [0.717, 1.165) is 18.6 Å². The number of aryl methyl sites for hydroxylation is 1. The first-order valence-corrected chi connectivity index (χ1v) is 6.73. The van der Waals surface area contributed by atoms with Gasteiger partial charge in [0.2, 0.25) is 11.7 Å². The number of aromatic nitrogens is 2. The normalized spacial score (nSPS) is 10.9. The second kappa shape index (κ2) is 6.36. The van der Waals surface area contributed by atoms with Crippen LogP contribution >= 0.6 is 0 Å². The lowest BCUT2D eigenvalue weighted by molar-refractivity contribution is 0.285. The second-order valence-corrected chi connectivity index (χ2v) is 4.87. The molecule has 0 saturated heterocycles. The fourth-order valence-corrected chi connectivity index (χ4v) is 1.76. The number of hydrogen-bond donors (Lipinski definition) is 0. The van der Waals surface area contributed by atoms with Gasteiger partial charge in [0, 0.05) is 6.42 Å². The molecule has 4 nitrogen and oxygen atoms in total. The van der Waals surface area contributed by atoms with Crippen molar-refractivity contribution in [3.05, 3.63) is 41.5 Å². The number of rotatable bonds is 6. The van der Waals surface area contributed by atoms with Gasteiger partial charge < -0.3 is 9.26 Å². The van der Waals surface area contributed by atoms with Crippen molar-refractivity contribution < 1.29 is 9.26 Å². The molecule has 0 spiro atoms. The minimum absolute atomic E-state index is 0.342. The minimum Gasteiger partial charge on any atom is -0.485 e. The standard InChI is InChI=1S/C15H20N2O2/c1-4-5-15-16-14(17-19-15)10-18-13-8-6-12(7-9-13)11(2)3/h6-9,11H,4-5,10H2,1-3H3. The predicted octanol–water partition coefficient (Wildman–Crippen LogP) is 3.72. The van der Waals surface area contributed by atoms with E-state index in [1.807, 2.05) is 12.1 Å². The largest absolute Gasteiger partial charge is 0.485 e. The number of ether oxygens (including phenoxy) is 1. The van der Waals surface area contributed by atoms with Crippen molar-refractivity contribution in [1.29, 1.82) is 0 Å². The minimum atomic E-state index is 0.342. The lowest BCUT2D eigenvalue weighted by Crippen LogP contribution is -1.98. The van der Waals surface area contributed by atoms with Gasteiger partial charge >= 0.3 is 0 Å². The van der Waals surface area contributed by atoms with Crippen LogP contribution in [0.15, 0.2) is 28.8 Å². The summed E-state index contributed by atoms with van der Waals surface area (Å²) in [5.41, 5.74) is 1.30. The van der Waals surface area contributed by atoms with E-state index < -0.39 is 0 Å². The maximum atomic E-state index is 5.63. The molecule has 4 heteroatoms. The van der Waals surface area contributed by atoms with Crippen molar-refractivity contribution >= 4 is 0 Å². The van der Waals surface area contributed by atoms with Crippen LogP contribution < -0.4 is 4.74 Å². The Morgan fingerprint density at radius 3 is 2.58 bits per heavy atom. The Morgan fingerprint density at radius 2 is 1.95 bits per heavy atom. The van der Waals surface area contributed by atoms with Crippen LogP contribution in [0.25, 0.3) is 0 Å². The molecule has 1 aromatic heterocycles. The van der Waals surface area contributed by atoms with Gasteiger partial charge in [-0.1, -0.05) is 38.1 Å². The monoisotopic (exact) mass is 260 g/mol. The second-order valence-electron chi connectivity index (χ2n) is 4.87. The predicted molar refractivity (Wildman–Crippen MR) is 73.2 cm³/mol. The molecule has 1 aromatic carbocycles. The molecular formula is C15H20N2O2. The molecule has 1 heterocycles. The van der Waals surface area contributed by atoms with E-state index in [-0.39, 0.29) is 0 Å². The topological polar surface area (TPSA) is 48.2 Å². The molecule has 102 valence electrons. The van der Waals surface area contributed by atoms with Gasteiger partial charge in [0.05, 0.1) is 0 Å². The summed E-state index contributed by atoms with van der Waals surface area (Å²) < 4.78 is 10.7. The quantitative estimate of drug-likeness (QED) is 0.794. The summed E-state index contributed by atoms with van der Waals surface area (Å²) in [5.74, 6) is 2.63. The van der Waals surface area contributed by atoms with Crippen molar-refractivity contribution in [2.75, 3.05) is 0 Å². The first-order chi connectivity index (χ1) is 9.19. The highest BCUT2D eigenvalue weighted by molar-refractivity contribution is 5.28. The Labute approximate surface area is 113 Å². The average molecular weight is 260 g/mol. The van der Waals surface area contributed by atoms with Gasteiger partial charge in [0.15, 0.2) is 6.61 Å². The van der Waals surface area contributed by atoms with E-state index in [4.69, 9.17) is 9.26 Å². The Morgan fingerprint density at radius 1 is 1.21 bits per heavy atom. The molecule has 0 saturated carbocycles. The number of hydrogen-bond acceptors (Lipinski definition) is 4. The summed E-state index contributed by atoms with van der Waals surface area (Å²) >= 11 is 0. The molecule has 0 N–H and O–H groups in total. The molecular weight excluding hydrogens is 240 g/mol. The van der Waals surface area contributed by atoms with Gasteiger partial charge in [-0.05, 0) is 30.0 Å². The molecule has 0 aliphatic rings. The SMILES string of the molecule is CCCc1nc(COc2ccc(C(C)C)cc2)no1. The third-order valence-electron chi connectivity index (χ3n) is 2.89. The average Bonchev–Trinajstić information content (AvgIpc) is 2.85. The van der Waals surface area contributed by atoms with E-state index >= 15 is 0 Å². The smallest absolute Gasteiger partial charge is 0.226 e. The Balaban J connectivity index is 1.90. The molecule has 0 amide bonds. The lowest BCUT2D eigenvalue weighted by atomic mass is 10.0. The molecule has 19 heavy (non-hydrogen) atoms. The molecule has 0 aliphatic heterocycles. The molecule has 0 fully saturated rings.